The van der Waals surface area contributed by atoms with Gasteiger partial charge in [-0.25, -0.2) is 4.98 Å². The highest BCUT2D eigenvalue weighted by molar-refractivity contribution is 6.29. The van der Waals surface area contributed by atoms with Crippen LogP contribution in [0, 0.1) is 5.41 Å². The molecule has 2 rings (SSSR count). The van der Waals surface area contributed by atoms with Gasteiger partial charge in [0.15, 0.2) is 0 Å². The van der Waals surface area contributed by atoms with Crippen LogP contribution in [-0.2, 0) is 0 Å². The quantitative estimate of drug-likeness (QED) is 0.682. The number of nitrogens with two attached hydrogens (primary N) is 1. The second kappa shape index (κ2) is 3.87. The second-order valence-electron chi connectivity index (χ2n) is 4.12. The zero-order valence-corrected chi connectivity index (χ0v) is 9.09. The van der Waals surface area contributed by atoms with Crippen molar-refractivity contribution in [1.29, 1.82) is 0 Å². The van der Waals surface area contributed by atoms with Gasteiger partial charge in [-0.1, -0.05) is 11.6 Å². The van der Waals surface area contributed by atoms with E-state index in [4.69, 9.17) is 22.4 Å². The molecule has 1 saturated carbocycles. The smallest absolute Gasteiger partial charge is 0.133 e. The molecule has 0 radical (unpaired) electrons. The van der Waals surface area contributed by atoms with Crippen LogP contribution < -0.4 is 11.1 Å². The van der Waals surface area contributed by atoms with Crippen LogP contribution in [0.4, 0.5) is 11.5 Å². The Morgan fingerprint density at radius 3 is 2.80 bits per heavy atom. The topological polar surface area (TPSA) is 71.2 Å². The first-order valence-electron chi connectivity index (χ1n) is 4.91. The summed E-state index contributed by atoms with van der Waals surface area (Å²) >= 11 is 5.77. The number of nitrogen functional groups attached to an aromatic ring is 1. The third-order valence-corrected chi connectivity index (χ3v) is 2.95. The molecule has 5 heteroatoms. The highest BCUT2D eigenvalue weighted by atomic mass is 35.5. The Morgan fingerprint density at radius 1 is 1.53 bits per heavy atom. The number of aliphatic hydroxyl groups excluding tert-OH is 1. The van der Waals surface area contributed by atoms with Gasteiger partial charge < -0.3 is 16.2 Å². The minimum atomic E-state index is 0.0543. The van der Waals surface area contributed by atoms with Crippen molar-refractivity contribution in [2.45, 2.75) is 12.8 Å². The van der Waals surface area contributed by atoms with E-state index in [-0.39, 0.29) is 12.0 Å². The summed E-state index contributed by atoms with van der Waals surface area (Å²) in [5, 5.41) is 12.7. The summed E-state index contributed by atoms with van der Waals surface area (Å²) in [6.45, 7) is 0.937. The van der Waals surface area contributed by atoms with Gasteiger partial charge in [0, 0.05) is 23.7 Å². The number of nitrogens with one attached hydrogen (secondary N) is 1. The van der Waals surface area contributed by atoms with E-state index in [2.05, 4.69) is 10.3 Å². The molecule has 0 amide bonds. The molecule has 0 spiro atoms. The summed E-state index contributed by atoms with van der Waals surface area (Å²) in [6.07, 6.45) is 2.12. The lowest BCUT2D eigenvalue weighted by molar-refractivity contribution is 0.219. The van der Waals surface area contributed by atoms with Crippen LogP contribution in [-0.4, -0.2) is 23.2 Å². The molecular formula is C10H14ClN3O. The molecule has 1 aromatic rings. The molecule has 0 saturated heterocycles. The van der Waals surface area contributed by atoms with Gasteiger partial charge in [-0.15, -0.1) is 0 Å². The van der Waals surface area contributed by atoms with Gasteiger partial charge >= 0.3 is 0 Å². The first-order valence-corrected chi connectivity index (χ1v) is 5.29. The van der Waals surface area contributed by atoms with Gasteiger partial charge in [0.2, 0.25) is 0 Å². The molecule has 0 atom stereocenters. The molecule has 15 heavy (non-hydrogen) atoms. The van der Waals surface area contributed by atoms with Crippen molar-refractivity contribution in [3.63, 3.8) is 0 Å². The van der Waals surface area contributed by atoms with E-state index in [1.807, 2.05) is 0 Å². The molecule has 1 heterocycles. The van der Waals surface area contributed by atoms with Crippen LogP contribution in [0.15, 0.2) is 12.1 Å². The molecule has 0 aliphatic heterocycles. The SMILES string of the molecule is Nc1cc(Cl)nc(NCC2(CO)CC2)c1. The van der Waals surface area contributed by atoms with Gasteiger partial charge in [-0.2, -0.15) is 0 Å². The summed E-state index contributed by atoms with van der Waals surface area (Å²) in [5.41, 5.74) is 6.28. The Balaban J connectivity index is 1.99. The summed E-state index contributed by atoms with van der Waals surface area (Å²) in [7, 11) is 0. The predicted molar refractivity (Wildman–Crippen MR) is 60.9 cm³/mol. The fraction of sp³-hybridized carbons (Fsp3) is 0.500. The summed E-state index contributed by atoms with van der Waals surface area (Å²) in [5.74, 6) is 0.666. The fourth-order valence-corrected chi connectivity index (χ4v) is 1.67. The minimum Gasteiger partial charge on any atom is -0.399 e. The number of pyridine rings is 1. The Hall–Kier alpha value is -1.00. The number of hydrogen-bond donors (Lipinski definition) is 3. The van der Waals surface area contributed by atoms with E-state index < -0.39 is 0 Å². The Morgan fingerprint density at radius 2 is 2.27 bits per heavy atom. The molecule has 0 unspecified atom stereocenters. The van der Waals surface area contributed by atoms with Gasteiger partial charge in [-0.05, 0) is 18.9 Å². The average molecular weight is 228 g/mol. The van der Waals surface area contributed by atoms with Crippen LogP contribution in [0.25, 0.3) is 0 Å². The maximum Gasteiger partial charge on any atom is 0.133 e. The van der Waals surface area contributed by atoms with Crippen molar-refractivity contribution in [3.8, 4) is 0 Å². The Bertz CT molecular complexity index is 345. The molecule has 0 bridgehead atoms. The number of aromatic nitrogens is 1. The van der Waals surface area contributed by atoms with Crippen LogP contribution in [0.1, 0.15) is 12.8 Å². The summed E-state index contributed by atoms with van der Waals surface area (Å²) in [6, 6.07) is 3.34. The van der Waals surface area contributed by atoms with Crippen LogP contribution in [0.3, 0.4) is 0 Å². The van der Waals surface area contributed by atoms with Gasteiger partial charge in [0.05, 0.1) is 6.61 Å². The highest BCUT2D eigenvalue weighted by Crippen LogP contribution is 2.44. The number of halogens is 1. The Labute approximate surface area is 93.5 Å². The maximum absolute atomic E-state index is 9.13. The molecule has 4 N–H and O–H groups in total. The Kier molecular flexibility index (Phi) is 2.71. The van der Waals surface area contributed by atoms with Crippen LogP contribution in [0.2, 0.25) is 5.15 Å². The van der Waals surface area contributed by atoms with Gasteiger partial charge in [0.25, 0.3) is 0 Å². The van der Waals surface area contributed by atoms with Crippen molar-refractivity contribution >= 4 is 23.1 Å². The molecule has 1 aliphatic rings. The zero-order valence-electron chi connectivity index (χ0n) is 8.33. The molecular weight excluding hydrogens is 214 g/mol. The lowest BCUT2D eigenvalue weighted by atomic mass is 10.1. The molecule has 1 aromatic heterocycles. The number of hydrogen-bond acceptors (Lipinski definition) is 4. The van der Waals surface area contributed by atoms with E-state index in [9.17, 15) is 0 Å². The van der Waals surface area contributed by atoms with Gasteiger partial charge in [0.1, 0.15) is 11.0 Å². The molecule has 1 aliphatic carbocycles. The van der Waals surface area contributed by atoms with E-state index in [0.29, 0.717) is 16.7 Å². The summed E-state index contributed by atoms with van der Waals surface area (Å²) < 4.78 is 0. The first kappa shape index (κ1) is 10.5. The van der Waals surface area contributed by atoms with E-state index >= 15 is 0 Å². The number of nitrogens with zero attached hydrogens (tertiary/aromatic N) is 1. The monoisotopic (exact) mass is 227 g/mol. The van der Waals surface area contributed by atoms with E-state index in [1.54, 1.807) is 12.1 Å². The third kappa shape index (κ3) is 2.52. The molecule has 82 valence electrons. The van der Waals surface area contributed by atoms with Gasteiger partial charge in [-0.3, -0.25) is 0 Å². The minimum absolute atomic E-state index is 0.0543. The van der Waals surface area contributed by atoms with Crippen molar-refractivity contribution in [2.24, 2.45) is 5.41 Å². The second-order valence-corrected chi connectivity index (χ2v) is 4.51. The normalized spacial score (nSPS) is 17.5. The molecule has 0 aromatic carbocycles. The van der Waals surface area contributed by atoms with E-state index in [1.165, 1.54) is 0 Å². The number of rotatable bonds is 4. The average Bonchev–Trinajstić information content (AvgIpc) is 2.94. The zero-order chi connectivity index (χ0) is 10.9. The maximum atomic E-state index is 9.13. The van der Waals surface area contributed by atoms with E-state index in [0.717, 1.165) is 19.4 Å². The number of aliphatic hydroxyl groups is 1. The predicted octanol–water partition coefficient (Wildman–Crippen LogP) is 1.50. The largest absolute Gasteiger partial charge is 0.399 e. The van der Waals surface area contributed by atoms with Crippen LogP contribution in [0.5, 0.6) is 0 Å². The lowest BCUT2D eigenvalue weighted by Gasteiger charge is -2.13. The first-order chi connectivity index (χ1) is 7.13. The van der Waals surface area contributed by atoms with Crippen molar-refractivity contribution < 1.29 is 5.11 Å². The lowest BCUT2D eigenvalue weighted by Crippen LogP contribution is -2.19. The number of anilines is 2. The fourth-order valence-electron chi connectivity index (χ4n) is 1.45. The van der Waals surface area contributed by atoms with Crippen molar-refractivity contribution in [2.75, 3.05) is 24.2 Å². The van der Waals surface area contributed by atoms with Crippen molar-refractivity contribution in [3.05, 3.63) is 17.3 Å². The standard InChI is InChI=1S/C10H14ClN3O/c11-8-3-7(12)4-9(14-8)13-5-10(6-15)1-2-10/h3-4,15H,1-2,5-6H2,(H3,12,13,14). The molecule has 4 nitrogen and oxygen atoms in total. The third-order valence-electron chi connectivity index (χ3n) is 2.75. The molecule has 1 fully saturated rings. The highest BCUT2D eigenvalue weighted by Gasteiger charge is 2.41. The van der Waals surface area contributed by atoms with Crippen molar-refractivity contribution in [1.82, 2.24) is 4.98 Å². The summed E-state index contributed by atoms with van der Waals surface area (Å²) in [4.78, 5) is 4.09. The van der Waals surface area contributed by atoms with Crippen LogP contribution >= 0.6 is 11.6 Å².